The Morgan fingerprint density at radius 3 is 2.74 bits per heavy atom. The number of rotatable bonds is 14. The molecule has 0 saturated heterocycles. The fourth-order valence-corrected chi connectivity index (χ4v) is 5.42. The molecule has 0 bridgehead atoms. The molecule has 0 radical (unpaired) electrons. The van der Waals surface area contributed by atoms with E-state index >= 15 is 0 Å². The number of ether oxygens (including phenoxy) is 1. The Morgan fingerprint density at radius 2 is 1.93 bits per heavy atom. The average Bonchev–Trinajstić information content (AvgIpc) is 3.50. The molecule has 2 aromatic heterocycles. The fourth-order valence-electron chi connectivity index (χ4n) is 4.69. The van der Waals surface area contributed by atoms with Crippen LogP contribution < -0.4 is 15.4 Å². The highest BCUT2D eigenvalue weighted by Crippen LogP contribution is 2.32. The highest BCUT2D eigenvalue weighted by Gasteiger charge is 2.16. The van der Waals surface area contributed by atoms with Crippen LogP contribution in [0.3, 0.4) is 0 Å². The Balaban J connectivity index is 1.29. The molecule has 0 aliphatic carbocycles. The minimum atomic E-state index is -0.295. The van der Waals surface area contributed by atoms with Crippen LogP contribution in [0, 0.1) is 5.82 Å². The molecule has 0 fully saturated rings. The minimum Gasteiger partial charge on any atom is -0.487 e. The maximum atomic E-state index is 13.5. The van der Waals surface area contributed by atoms with Gasteiger partial charge in [0.15, 0.2) is 0 Å². The number of halogens is 2. The van der Waals surface area contributed by atoms with Crippen LogP contribution in [0.5, 0.6) is 5.75 Å². The Hall–Kier alpha value is -3.59. The van der Waals surface area contributed by atoms with Crippen molar-refractivity contribution < 1.29 is 13.5 Å². The molecule has 218 valence electrons. The summed E-state index contributed by atoms with van der Waals surface area (Å²) in [4.78, 5) is 8.97. The second-order valence-electron chi connectivity index (χ2n) is 9.98. The van der Waals surface area contributed by atoms with Crippen LogP contribution in [-0.4, -0.2) is 28.5 Å². The van der Waals surface area contributed by atoms with Gasteiger partial charge in [-0.15, -0.1) is 0 Å². The monoisotopic (exact) mass is 604 g/mol. The quantitative estimate of drug-likeness (QED) is 0.131. The van der Waals surface area contributed by atoms with E-state index in [0.29, 0.717) is 17.3 Å². The summed E-state index contributed by atoms with van der Waals surface area (Å²) in [6, 6.07) is 22.3. The van der Waals surface area contributed by atoms with E-state index < -0.39 is 0 Å². The number of furan rings is 1. The van der Waals surface area contributed by atoms with Crippen LogP contribution in [0.1, 0.15) is 42.7 Å². The smallest absolute Gasteiger partial charge is 0.138 e. The van der Waals surface area contributed by atoms with E-state index in [9.17, 15) is 4.39 Å². The molecule has 0 aliphatic heterocycles. The van der Waals surface area contributed by atoms with Crippen molar-refractivity contribution >= 4 is 40.1 Å². The lowest BCUT2D eigenvalue weighted by atomic mass is 10.1. The van der Waals surface area contributed by atoms with Gasteiger partial charge in [0.25, 0.3) is 0 Å². The summed E-state index contributed by atoms with van der Waals surface area (Å²) in [5.74, 6) is 3.80. The highest BCUT2D eigenvalue weighted by molar-refractivity contribution is 7.98. The fraction of sp³-hybridized carbons (Fsp3) is 0.273. The lowest BCUT2D eigenvalue weighted by molar-refractivity contribution is 0.305. The van der Waals surface area contributed by atoms with Gasteiger partial charge < -0.3 is 19.8 Å². The van der Waals surface area contributed by atoms with Crippen LogP contribution in [0.25, 0.3) is 22.2 Å². The molecule has 1 unspecified atom stereocenters. The molecule has 5 rings (SSSR count). The third-order valence-electron chi connectivity index (χ3n) is 6.88. The Labute approximate surface area is 255 Å². The van der Waals surface area contributed by atoms with E-state index in [4.69, 9.17) is 20.8 Å². The molecule has 5 aromatic rings. The van der Waals surface area contributed by atoms with Crippen molar-refractivity contribution in [3.05, 3.63) is 107 Å². The molecule has 2 N–H and O–H groups in total. The predicted octanol–water partition coefficient (Wildman–Crippen LogP) is 8.67. The zero-order chi connectivity index (χ0) is 29.3. The predicted molar refractivity (Wildman–Crippen MR) is 171 cm³/mol. The van der Waals surface area contributed by atoms with Gasteiger partial charge in [-0.1, -0.05) is 36.7 Å². The Kier molecular flexibility index (Phi) is 10.3. The molecule has 0 amide bonds. The number of fused-ring (bicyclic) bond motifs is 1. The second kappa shape index (κ2) is 14.5. The van der Waals surface area contributed by atoms with Gasteiger partial charge in [-0.05, 0) is 97.1 Å². The first-order valence-electron chi connectivity index (χ1n) is 14.0. The summed E-state index contributed by atoms with van der Waals surface area (Å²) >= 11 is 8.35. The summed E-state index contributed by atoms with van der Waals surface area (Å²) in [7, 11) is 0. The molecule has 0 spiro atoms. The number of nitrogens with zero attached hydrogens (tertiary/aromatic N) is 2. The van der Waals surface area contributed by atoms with Crippen LogP contribution in [0.2, 0.25) is 5.02 Å². The molecular formula is C33H34ClFN4O2S. The largest absolute Gasteiger partial charge is 0.487 e. The third kappa shape index (κ3) is 7.62. The SMILES string of the molecule is CCCNC(CCSC)c1ccc(-c2ccc3ncnc(NCc4ccc(OCc5cccc(F)c5)c(Cl)c4)c3c2)o1. The summed E-state index contributed by atoms with van der Waals surface area (Å²) in [5.41, 5.74) is 3.51. The topological polar surface area (TPSA) is 72.2 Å². The van der Waals surface area contributed by atoms with E-state index in [0.717, 1.165) is 70.1 Å². The average molecular weight is 605 g/mol. The molecule has 1 atom stereocenters. The number of aromatic nitrogens is 2. The first-order chi connectivity index (χ1) is 20.5. The number of hydrogen-bond acceptors (Lipinski definition) is 7. The minimum absolute atomic E-state index is 0.192. The number of nitrogens with one attached hydrogen (secondary N) is 2. The Morgan fingerprint density at radius 1 is 1.02 bits per heavy atom. The zero-order valence-electron chi connectivity index (χ0n) is 23.7. The van der Waals surface area contributed by atoms with E-state index in [2.05, 4.69) is 45.9 Å². The van der Waals surface area contributed by atoms with Crippen molar-refractivity contribution in [2.45, 2.75) is 39.0 Å². The van der Waals surface area contributed by atoms with Crippen LogP contribution in [0.4, 0.5) is 10.2 Å². The van der Waals surface area contributed by atoms with Crippen LogP contribution in [-0.2, 0) is 13.2 Å². The second-order valence-corrected chi connectivity index (χ2v) is 11.4. The van der Waals surface area contributed by atoms with Gasteiger partial charge >= 0.3 is 0 Å². The number of thioether (sulfide) groups is 1. The summed E-state index contributed by atoms with van der Waals surface area (Å²) < 4.78 is 25.6. The lowest BCUT2D eigenvalue weighted by Gasteiger charge is -2.15. The van der Waals surface area contributed by atoms with Crippen LogP contribution in [0.15, 0.2) is 83.5 Å². The van der Waals surface area contributed by atoms with Gasteiger partial charge in [-0.2, -0.15) is 11.8 Å². The van der Waals surface area contributed by atoms with Gasteiger partial charge in [-0.25, -0.2) is 14.4 Å². The summed E-state index contributed by atoms with van der Waals surface area (Å²) in [5, 5.41) is 8.42. The van der Waals surface area contributed by atoms with Crippen molar-refractivity contribution in [2.24, 2.45) is 0 Å². The standard InChI is InChI=1S/C33H34ClFN4O2S/c1-3-14-36-29(13-15-42-2)32-12-11-30(41-32)24-8-9-28-26(18-24)33(39-21-38-28)37-19-22-7-10-31(27(34)17-22)40-20-23-5-4-6-25(35)16-23/h4-12,16-18,21,29,36H,3,13-15,19-20H2,1-2H3,(H,37,38,39). The molecule has 9 heteroatoms. The first kappa shape index (κ1) is 29.9. The number of hydrogen-bond donors (Lipinski definition) is 2. The van der Waals surface area contributed by atoms with Crippen molar-refractivity contribution in [1.29, 1.82) is 0 Å². The van der Waals surface area contributed by atoms with Gasteiger partial charge in [0, 0.05) is 17.5 Å². The third-order valence-corrected chi connectivity index (χ3v) is 7.82. The Bertz CT molecular complexity index is 1620. The number of anilines is 1. The van der Waals surface area contributed by atoms with Crippen molar-refractivity contribution in [2.75, 3.05) is 23.9 Å². The highest BCUT2D eigenvalue weighted by atomic mass is 35.5. The number of benzene rings is 3. The summed E-state index contributed by atoms with van der Waals surface area (Å²) in [6.45, 7) is 3.86. The molecule has 3 aromatic carbocycles. The first-order valence-corrected chi connectivity index (χ1v) is 15.8. The molecule has 6 nitrogen and oxygen atoms in total. The van der Waals surface area contributed by atoms with Gasteiger partial charge in [0.2, 0.25) is 0 Å². The van der Waals surface area contributed by atoms with E-state index in [1.807, 2.05) is 54.2 Å². The molecule has 2 heterocycles. The zero-order valence-corrected chi connectivity index (χ0v) is 25.3. The van der Waals surface area contributed by atoms with Gasteiger partial charge in [0.05, 0.1) is 16.6 Å². The summed E-state index contributed by atoms with van der Waals surface area (Å²) in [6.07, 6.45) is 5.77. The lowest BCUT2D eigenvalue weighted by Crippen LogP contribution is -2.22. The maximum Gasteiger partial charge on any atom is 0.138 e. The molecule has 0 aliphatic rings. The molecular weight excluding hydrogens is 571 g/mol. The van der Waals surface area contributed by atoms with Gasteiger partial charge in [-0.3, -0.25) is 0 Å². The molecule has 0 saturated carbocycles. The van der Waals surface area contributed by atoms with E-state index in [1.165, 1.54) is 12.1 Å². The van der Waals surface area contributed by atoms with Crippen molar-refractivity contribution in [3.63, 3.8) is 0 Å². The van der Waals surface area contributed by atoms with E-state index in [1.54, 1.807) is 12.4 Å². The van der Waals surface area contributed by atoms with Crippen LogP contribution >= 0.6 is 23.4 Å². The van der Waals surface area contributed by atoms with Crippen molar-refractivity contribution in [3.8, 4) is 17.1 Å². The normalized spacial score (nSPS) is 12.0. The maximum absolute atomic E-state index is 13.5. The van der Waals surface area contributed by atoms with E-state index in [-0.39, 0.29) is 18.5 Å². The van der Waals surface area contributed by atoms with Gasteiger partial charge in [0.1, 0.15) is 41.8 Å². The molecule has 42 heavy (non-hydrogen) atoms. The van der Waals surface area contributed by atoms with Crippen molar-refractivity contribution in [1.82, 2.24) is 15.3 Å².